The zero-order valence-corrected chi connectivity index (χ0v) is 9.36. The summed E-state index contributed by atoms with van der Waals surface area (Å²) in [5.41, 5.74) is 0. The van der Waals surface area contributed by atoms with Gasteiger partial charge in [0, 0.05) is 23.5 Å². The summed E-state index contributed by atoms with van der Waals surface area (Å²) in [6, 6.07) is 0. The number of hydrogen-bond acceptors (Lipinski definition) is 3. The molecule has 0 radical (unpaired) electrons. The van der Waals surface area contributed by atoms with Crippen molar-refractivity contribution >= 4 is 17.7 Å². The molecule has 0 spiro atoms. The number of hydrazine groups is 1. The molecule has 1 amide bonds. The third-order valence-corrected chi connectivity index (χ3v) is 4.47. The summed E-state index contributed by atoms with van der Waals surface area (Å²) >= 11 is 1.86. The van der Waals surface area contributed by atoms with Gasteiger partial charge in [-0.15, -0.1) is 0 Å². The van der Waals surface area contributed by atoms with Gasteiger partial charge in [0.2, 0.25) is 5.91 Å². The molecule has 1 atom stereocenters. The van der Waals surface area contributed by atoms with Crippen molar-refractivity contribution in [3.05, 3.63) is 0 Å². The van der Waals surface area contributed by atoms with Gasteiger partial charge in [-0.05, 0) is 12.8 Å². The molecule has 0 aromatic heterocycles. The summed E-state index contributed by atoms with van der Waals surface area (Å²) < 4.78 is 0.0607. The Morgan fingerprint density at radius 3 is 2.77 bits per heavy atom. The second kappa shape index (κ2) is 3.88. The molecule has 2 N–H and O–H groups in total. The smallest absolute Gasteiger partial charge is 0.237 e. The van der Waals surface area contributed by atoms with Gasteiger partial charge in [0.25, 0.3) is 0 Å². The highest BCUT2D eigenvalue weighted by Crippen LogP contribution is 2.37. The Kier molecular flexibility index (Phi) is 3.24. The molecule has 76 valence electrons. The van der Waals surface area contributed by atoms with Gasteiger partial charge in [0.1, 0.15) is 0 Å². The van der Waals surface area contributed by atoms with E-state index in [1.165, 1.54) is 5.01 Å². The molecule has 1 heterocycles. The predicted molar refractivity (Wildman–Crippen MR) is 56.2 cm³/mol. The molecule has 0 aromatic carbocycles. The molecule has 3 nitrogen and oxygen atoms in total. The van der Waals surface area contributed by atoms with E-state index < -0.39 is 0 Å². The van der Waals surface area contributed by atoms with Crippen LogP contribution in [-0.2, 0) is 4.79 Å². The molecule has 1 aliphatic heterocycles. The van der Waals surface area contributed by atoms with Crippen LogP contribution in [0, 0.1) is 5.92 Å². The summed E-state index contributed by atoms with van der Waals surface area (Å²) in [5, 5.41) is 1.35. The summed E-state index contributed by atoms with van der Waals surface area (Å²) in [6.45, 7) is 7.14. The zero-order chi connectivity index (χ0) is 10.1. The molecule has 1 saturated heterocycles. The maximum absolute atomic E-state index is 11.5. The Morgan fingerprint density at radius 1 is 1.62 bits per heavy atom. The van der Waals surface area contributed by atoms with Crippen molar-refractivity contribution in [3.63, 3.8) is 0 Å². The number of hydrogen-bond donors (Lipinski definition) is 1. The van der Waals surface area contributed by atoms with E-state index in [2.05, 4.69) is 20.8 Å². The molecule has 0 saturated carbocycles. The number of nitrogens with two attached hydrogens (primary N) is 1. The summed E-state index contributed by atoms with van der Waals surface area (Å²) in [7, 11) is 0. The van der Waals surface area contributed by atoms with Crippen LogP contribution in [0.4, 0.5) is 0 Å². The first kappa shape index (κ1) is 10.9. The fraction of sp³-hybridized carbons (Fsp3) is 0.889. The predicted octanol–water partition coefficient (Wildman–Crippen LogP) is 1.24. The van der Waals surface area contributed by atoms with E-state index in [-0.39, 0.29) is 10.7 Å². The van der Waals surface area contributed by atoms with Crippen LogP contribution in [-0.4, -0.2) is 28.0 Å². The minimum atomic E-state index is 0.0607. The number of amides is 1. The Morgan fingerprint density at radius 2 is 2.23 bits per heavy atom. The average Bonchev–Trinajstić information content (AvgIpc) is 2.14. The average molecular weight is 202 g/mol. The molecule has 0 aromatic rings. The molecule has 1 unspecified atom stereocenters. The third-order valence-electron chi connectivity index (χ3n) is 2.81. The van der Waals surface area contributed by atoms with Crippen LogP contribution in [0.1, 0.15) is 27.2 Å². The highest BCUT2D eigenvalue weighted by Gasteiger charge is 2.35. The standard InChI is InChI=1S/C9H18N2OS/c1-7(2)9(3)6-8(12)11(10)4-5-13-9/h7H,4-6,10H2,1-3H3. The Hall–Kier alpha value is -0.220. The lowest BCUT2D eigenvalue weighted by atomic mass is 9.93. The van der Waals surface area contributed by atoms with Crippen molar-refractivity contribution in [2.45, 2.75) is 31.9 Å². The molecular formula is C9H18N2OS. The number of rotatable bonds is 1. The maximum atomic E-state index is 11.5. The van der Waals surface area contributed by atoms with Crippen molar-refractivity contribution in [1.29, 1.82) is 0 Å². The summed E-state index contributed by atoms with van der Waals surface area (Å²) in [4.78, 5) is 11.5. The quantitative estimate of drug-likeness (QED) is 0.514. The van der Waals surface area contributed by atoms with Crippen LogP contribution in [0.15, 0.2) is 0 Å². The first-order valence-electron chi connectivity index (χ1n) is 4.65. The lowest BCUT2D eigenvalue weighted by Gasteiger charge is -2.30. The monoisotopic (exact) mass is 202 g/mol. The normalized spacial score (nSPS) is 30.8. The summed E-state index contributed by atoms with van der Waals surface area (Å²) in [5.74, 6) is 7.09. The van der Waals surface area contributed by atoms with Gasteiger partial charge < -0.3 is 0 Å². The van der Waals surface area contributed by atoms with E-state index in [9.17, 15) is 4.79 Å². The number of carbonyl (C=O) groups is 1. The molecule has 1 aliphatic rings. The zero-order valence-electron chi connectivity index (χ0n) is 8.54. The van der Waals surface area contributed by atoms with E-state index in [0.29, 0.717) is 18.9 Å². The topological polar surface area (TPSA) is 46.3 Å². The summed E-state index contributed by atoms with van der Waals surface area (Å²) in [6.07, 6.45) is 0.561. The highest BCUT2D eigenvalue weighted by molar-refractivity contribution is 8.00. The first-order chi connectivity index (χ1) is 5.96. The van der Waals surface area contributed by atoms with Crippen molar-refractivity contribution in [2.75, 3.05) is 12.3 Å². The van der Waals surface area contributed by atoms with Crippen molar-refractivity contribution in [1.82, 2.24) is 5.01 Å². The fourth-order valence-electron chi connectivity index (χ4n) is 1.33. The van der Waals surface area contributed by atoms with E-state index in [0.717, 1.165) is 5.75 Å². The van der Waals surface area contributed by atoms with Gasteiger partial charge >= 0.3 is 0 Å². The molecule has 1 fully saturated rings. The van der Waals surface area contributed by atoms with Gasteiger partial charge in [-0.25, -0.2) is 5.84 Å². The molecule has 13 heavy (non-hydrogen) atoms. The van der Waals surface area contributed by atoms with E-state index in [1.807, 2.05) is 11.8 Å². The maximum Gasteiger partial charge on any atom is 0.237 e. The number of nitrogens with zero attached hydrogens (tertiary/aromatic N) is 1. The van der Waals surface area contributed by atoms with E-state index >= 15 is 0 Å². The van der Waals surface area contributed by atoms with Gasteiger partial charge in [-0.3, -0.25) is 9.80 Å². The SMILES string of the molecule is CC(C)C1(C)CC(=O)N(N)CCS1. The lowest BCUT2D eigenvalue weighted by molar-refractivity contribution is -0.131. The molecule has 0 aliphatic carbocycles. The van der Waals surface area contributed by atoms with Crippen molar-refractivity contribution in [2.24, 2.45) is 11.8 Å². The fourth-order valence-corrected chi connectivity index (χ4v) is 2.64. The number of carbonyl (C=O) groups excluding carboxylic acids is 1. The van der Waals surface area contributed by atoms with Crippen molar-refractivity contribution < 1.29 is 4.79 Å². The highest BCUT2D eigenvalue weighted by atomic mass is 32.2. The second-order valence-electron chi connectivity index (χ2n) is 4.08. The Balaban J connectivity index is 2.74. The molecular weight excluding hydrogens is 184 g/mol. The van der Waals surface area contributed by atoms with E-state index in [1.54, 1.807) is 0 Å². The number of thioether (sulfide) groups is 1. The van der Waals surface area contributed by atoms with Crippen LogP contribution in [0.3, 0.4) is 0 Å². The van der Waals surface area contributed by atoms with Gasteiger partial charge in [0.15, 0.2) is 0 Å². The Bertz CT molecular complexity index is 208. The molecule has 0 bridgehead atoms. The third kappa shape index (κ3) is 2.38. The molecule has 4 heteroatoms. The first-order valence-corrected chi connectivity index (χ1v) is 5.63. The van der Waals surface area contributed by atoms with Crippen LogP contribution in [0.2, 0.25) is 0 Å². The van der Waals surface area contributed by atoms with Gasteiger partial charge in [0.05, 0.1) is 0 Å². The van der Waals surface area contributed by atoms with Gasteiger partial charge in [-0.1, -0.05) is 13.8 Å². The van der Waals surface area contributed by atoms with Crippen LogP contribution in [0.25, 0.3) is 0 Å². The Labute approximate surface area is 84.0 Å². The van der Waals surface area contributed by atoms with Crippen LogP contribution < -0.4 is 5.84 Å². The van der Waals surface area contributed by atoms with Gasteiger partial charge in [-0.2, -0.15) is 11.8 Å². The van der Waals surface area contributed by atoms with E-state index in [4.69, 9.17) is 5.84 Å². The van der Waals surface area contributed by atoms with Crippen LogP contribution >= 0.6 is 11.8 Å². The second-order valence-corrected chi connectivity index (χ2v) is 5.71. The minimum absolute atomic E-state index is 0.0607. The largest absolute Gasteiger partial charge is 0.280 e. The minimum Gasteiger partial charge on any atom is -0.280 e. The molecule has 1 rings (SSSR count). The van der Waals surface area contributed by atoms with Crippen LogP contribution in [0.5, 0.6) is 0 Å². The lowest BCUT2D eigenvalue weighted by Crippen LogP contribution is -2.40. The van der Waals surface area contributed by atoms with Crippen molar-refractivity contribution in [3.8, 4) is 0 Å².